The summed E-state index contributed by atoms with van der Waals surface area (Å²) < 4.78 is 7.71. The summed E-state index contributed by atoms with van der Waals surface area (Å²) in [6.45, 7) is 0. The molecule has 0 radical (unpaired) electrons. The van der Waals surface area contributed by atoms with E-state index in [0.29, 0.717) is 0 Å². The highest BCUT2D eigenvalue weighted by Gasteiger charge is 2.48. The second-order valence-electron chi connectivity index (χ2n) is 15.6. The lowest BCUT2D eigenvalue weighted by molar-refractivity contribution is 0.669. The minimum Gasteiger partial charge on any atom is -0.456 e. The second kappa shape index (κ2) is 13.8. The monoisotopic (exact) mass is 783 g/mol. The third-order valence-corrected chi connectivity index (χ3v) is 13.6. The Morgan fingerprint density at radius 2 is 0.900 bits per heavy atom. The zero-order chi connectivity index (χ0) is 39.6. The van der Waals surface area contributed by atoms with E-state index >= 15 is 0 Å². The average molecular weight is 784 g/mol. The molecule has 0 saturated heterocycles. The van der Waals surface area contributed by atoms with Gasteiger partial charge in [-0.25, -0.2) is 0 Å². The molecule has 0 saturated carbocycles. The number of fused-ring (bicyclic) bond motifs is 8. The van der Waals surface area contributed by atoms with Crippen LogP contribution in [-0.4, -0.2) is 0 Å². The van der Waals surface area contributed by atoms with E-state index in [9.17, 15) is 0 Å². The van der Waals surface area contributed by atoms with Gasteiger partial charge in [-0.15, -0.1) is 11.3 Å². The summed E-state index contributed by atoms with van der Waals surface area (Å²) in [6.07, 6.45) is 0. The minimum absolute atomic E-state index is 0.438. The molecule has 0 atom stereocenters. The van der Waals surface area contributed by atoms with Crippen LogP contribution in [0.4, 0.5) is 17.1 Å². The molecule has 0 bridgehead atoms. The number of nitrogens with zero attached hydrogens (tertiary/aromatic N) is 1. The molecule has 0 aliphatic heterocycles. The highest BCUT2D eigenvalue weighted by Crippen LogP contribution is 2.61. The van der Waals surface area contributed by atoms with Crippen LogP contribution >= 0.6 is 11.3 Å². The van der Waals surface area contributed by atoms with Crippen molar-refractivity contribution >= 4 is 60.4 Å². The topological polar surface area (TPSA) is 16.4 Å². The molecular weight excluding hydrogens is 747 g/mol. The Hall–Kier alpha value is -7.46. The summed E-state index contributed by atoms with van der Waals surface area (Å²) >= 11 is 1.91. The minimum atomic E-state index is -0.438. The highest BCUT2D eigenvalue weighted by atomic mass is 32.1. The fourth-order valence-corrected chi connectivity index (χ4v) is 11.0. The molecule has 1 aliphatic rings. The van der Waals surface area contributed by atoms with Crippen LogP contribution in [0, 0.1) is 0 Å². The molecule has 60 heavy (non-hydrogen) atoms. The number of hydrogen-bond acceptors (Lipinski definition) is 3. The van der Waals surface area contributed by atoms with Gasteiger partial charge in [0.25, 0.3) is 0 Å². The Kier molecular flexibility index (Phi) is 7.97. The van der Waals surface area contributed by atoms with Gasteiger partial charge in [-0.1, -0.05) is 164 Å². The normalized spacial score (nSPS) is 12.8. The molecule has 2 aromatic heterocycles. The Morgan fingerprint density at radius 3 is 1.58 bits per heavy atom. The van der Waals surface area contributed by atoms with E-state index in [1.165, 1.54) is 65.0 Å². The summed E-state index contributed by atoms with van der Waals surface area (Å²) in [5, 5.41) is 3.57. The van der Waals surface area contributed by atoms with E-state index in [1.54, 1.807) is 0 Å². The zero-order valence-corrected chi connectivity index (χ0v) is 33.4. The lowest BCUT2D eigenvalue weighted by Gasteiger charge is -2.34. The van der Waals surface area contributed by atoms with Crippen LogP contribution < -0.4 is 4.90 Å². The number of furan rings is 1. The summed E-state index contributed by atoms with van der Waals surface area (Å²) in [4.78, 5) is 3.68. The first kappa shape index (κ1) is 34.6. The molecular formula is C57H37NOS. The lowest BCUT2D eigenvalue weighted by Crippen LogP contribution is -2.28. The quantitative estimate of drug-likeness (QED) is 0.160. The van der Waals surface area contributed by atoms with E-state index < -0.39 is 5.41 Å². The first-order valence-corrected chi connectivity index (χ1v) is 21.3. The van der Waals surface area contributed by atoms with Gasteiger partial charge in [0.2, 0.25) is 0 Å². The van der Waals surface area contributed by atoms with Crippen molar-refractivity contribution in [1.82, 2.24) is 0 Å². The van der Waals surface area contributed by atoms with Crippen LogP contribution in [0.25, 0.3) is 64.7 Å². The maximum atomic E-state index is 6.39. The number of hydrogen-bond donors (Lipinski definition) is 0. The van der Waals surface area contributed by atoms with Crippen molar-refractivity contribution in [3.05, 3.63) is 247 Å². The van der Waals surface area contributed by atoms with Crippen LogP contribution in [0.5, 0.6) is 0 Å². The fourth-order valence-electron chi connectivity index (χ4n) is 9.66. The maximum Gasteiger partial charge on any atom is 0.137 e. The predicted octanol–water partition coefficient (Wildman–Crippen LogP) is 16.0. The van der Waals surface area contributed by atoms with Gasteiger partial charge in [-0.05, 0) is 110 Å². The highest BCUT2D eigenvalue weighted by molar-refractivity contribution is 7.22. The Bertz CT molecular complexity index is 3310. The molecule has 0 spiro atoms. The lowest BCUT2D eigenvalue weighted by atomic mass is 9.67. The van der Waals surface area contributed by atoms with Crippen LogP contribution in [-0.2, 0) is 5.41 Å². The zero-order valence-electron chi connectivity index (χ0n) is 32.6. The van der Waals surface area contributed by atoms with E-state index in [0.717, 1.165) is 39.0 Å². The molecule has 2 heterocycles. The van der Waals surface area contributed by atoms with Gasteiger partial charge >= 0.3 is 0 Å². The Balaban J connectivity index is 0.987. The average Bonchev–Trinajstić information content (AvgIpc) is 3.98. The molecule has 0 N–H and O–H groups in total. The molecule has 9 aromatic carbocycles. The smallest absolute Gasteiger partial charge is 0.137 e. The number of benzene rings is 9. The van der Waals surface area contributed by atoms with Crippen molar-refractivity contribution in [3.8, 4) is 32.7 Å². The van der Waals surface area contributed by atoms with E-state index in [-0.39, 0.29) is 0 Å². The molecule has 12 rings (SSSR count). The van der Waals surface area contributed by atoms with Gasteiger partial charge < -0.3 is 9.32 Å². The van der Waals surface area contributed by atoms with E-state index in [2.05, 4.69) is 217 Å². The number of para-hydroxylation sites is 1. The van der Waals surface area contributed by atoms with E-state index in [1.807, 2.05) is 23.5 Å². The van der Waals surface area contributed by atoms with Gasteiger partial charge in [-0.2, -0.15) is 0 Å². The largest absolute Gasteiger partial charge is 0.456 e. The van der Waals surface area contributed by atoms with Crippen molar-refractivity contribution in [2.24, 2.45) is 0 Å². The maximum absolute atomic E-state index is 6.39. The second-order valence-corrected chi connectivity index (χ2v) is 16.7. The summed E-state index contributed by atoms with van der Waals surface area (Å²) in [5.41, 5.74) is 15.9. The van der Waals surface area contributed by atoms with Crippen molar-refractivity contribution < 1.29 is 4.42 Å². The summed E-state index contributed by atoms with van der Waals surface area (Å²) in [6, 6.07) is 81.5. The molecule has 3 heteroatoms. The van der Waals surface area contributed by atoms with Gasteiger partial charge in [0.15, 0.2) is 0 Å². The molecule has 0 fully saturated rings. The van der Waals surface area contributed by atoms with Crippen LogP contribution in [0.15, 0.2) is 229 Å². The van der Waals surface area contributed by atoms with Crippen molar-refractivity contribution in [3.63, 3.8) is 0 Å². The standard InChI is InChI=1S/C57H37NOS/c1-4-14-38(15-5-1)39-24-29-44(30-25-39)58(46-33-34-48-47-20-10-12-22-52(47)59-53(48)37-46)45-31-26-40(27-32-45)41-28-35-51-50(36-41)56-55(49-21-11-13-23-54(49)60-56)57(51,42-16-6-2-7-17-42)43-18-8-3-9-19-43/h1-37H. The van der Waals surface area contributed by atoms with Gasteiger partial charge in [-0.3, -0.25) is 0 Å². The van der Waals surface area contributed by atoms with Crippen LogP contribution in [0.2, 0.25) is 0 Å². The van der Waals surface area contributed by atoms with Gasteiger partial charge in [0, 0.05) is 43.5 Å². The number of rotatable bonds is 7. The fraction of sp³-hybridized carbons (Fsp3) is 0.0175. The van der Waals surface area contributed by atoms with Gasteiger partial charge in [0.05, 0.1) is 5.41 Å². The number of anilines is 3. The van der Waals surface area contributed by atoms with Crippen LogP contribution in [0.3, 0.4) is 0 Å². The SMILES string of the molecule is c1ccc(-c2ccc(N(c3ccc(-c4ccc5c(c4)-c4sc6ccccc6c4C5(c4ccccc4)c4ccccc4)cc3)c3ccc4c(c3)oc3ccccc34)cc2)cc1. The first-order valence-electron chi connectivity index (χ1n) is 20.5. The van der Waals surface area contributed by atoms with Crippen LogP contribution in [0.1, 0.15) is 22.3 Å². The van der Waals surface area contributed by atoms with Crippen molar-refractivity contribution in [2.45, 2.75) is 5.41 Å². The molecule has 282 valence electrons. The third-order valence-electron chi connectivity index (χ3n) is 12.4. The third kappa shape index (κ3) is 5.33. The Morgan fingerprint density at radius 1 is 0.383 bits per heavy atom. The molecule has 2 nitrogen and oxygen atoms in total. The Labute approximate surface area is 352 Å². The van der Waals surface area contributed by atoms with Crippen molar-refractivity contribution in [1.29, 1.82) is 0 Å². The predicted molar refractivity (Wildman–Crippen MR) is 252 cm³/mol. The molecule has 11 aromatic rings. The first-order chi connectivity index (χ1) is 29.7. The summed E-state index contributed by atoms with van der Waals surface area (Å²) in [5.74, 6) is 0. The molecule has 1 aliphatic carbocycles. The molecule has 0 unspecified atom stereocenters. The van der Waals surface area contributed by atoms with Gasteiger partial charge in [0.1, 0.15) is 11.2 Å². The summed E-state index contributed by atoms with van der Waals surface area (Å²) in [7, 11) is 0. The van der Waals surface area contributed by atoms with E-state index in [4.69, 9.17) is 4.42 Å². The molecule has 0 amide bonds. The van der Waals surface area contributed by atoms with Crippen molar-refractivity contribution in [2.75, 3.05) is 4.90 Å². The number of thiophene rings is 1.